The molecule has 1 aromatic carbocycles. The van der Waals surface area contributed by atoms with Gasteiger partial charge in [-0.2, -0.15) is 0 Å². The molecular formula is C20H21N3O2S2. The Bertz CT molecular complexity index is 944. The largest absolute Gasteiger partial charge is 0.339 e. The van der Waals surface area contributed by atoms with Gasteiger partial charge >= 0.3 is 0 Å². The first kappa shape index (κ1) is 19.3. The van der Waals surface area contributed by atoms with E-state index in [1.807, 2.05) is 38.3 Å². The zero-order valence-electron chi connectivity index (χ0n) is 15.5. The van der Waals surface area contributed by atoms with E-state index in [0.29, 0.717) is 34.9 Å². The maximum Gasteiger partial charge on any atom is 0.267 e. The van der Waals surface area contributed by atoms with Crippen molar-refractivity contribution in [2.75, 3.05) is 18.4 Å². The zero-order chi connectivity index (χ0) is 19.4. The van der Waals surface area contributed by atoms with E-state index in [0.717, 1.165) is 9.88 Å². The van der Waals surface area contributed by atoms with Crippen LogP contribution in [0.1, 0.15) is 39.6 Å². The quantitative estimate of drug-likeness (QED) is 0.640. The first-order valence-corrected chi connectivity index (χ1v) is 10.4. The number of carbonyl (C=O) groups excluding carboxylic acids is 2. The van der Waals surface area contributed by atoms with Crippen molar-refractivity contribution in [2.45, 2.75) is 20.8 Å². The molecule has 0 unspecified atom stereocenters. The third kappa shape index (κ3) is 4.26. The molecule has 0 radical (unpaired) electrons. The van der Waals surface area contributed by atoms with Gasteiger partial charge in [0.2, 0.25) is 0 Å². The van der Waals surface area contributed by atoms with Gasteiger partial charge in [-0.25, -0.2) is 4.98 Å². The van der Waals surface area contributed by atoms with Crippen LogP contribution in [0.2, 0.25) is 0 Å². The van der Waals surface area contributed by atoms with Crippen LogP contribution in [0, 0.1) is 6.92 Å². The Morgan fingerprint density at radius 3 is 2.59 bits per heavy atom. The highest BCUT2D eigenvalue weighted by molar-refractivity contribution is 7.22. The molecule has 2 heterocycles. The molecule has 0 saturated heterocycles. The number of thiazole rings is 1. The standard InChI is InChI=1S/C20H21N3O2S2/c1-4-23(5-2)20(25)14-8-6-9-15(12-14)22-18(24)17-13(3)21-19(27-17)16-10-7-11-26-16/h6-12H,4-5H2,1-3H3,(H,22,24). The van der Waals surface area contributed by atoms with Crippen molar-refractivity contribution in [3.63, 3.8) is 0 Å². The fourth-order valence-corrected chi connectivity index (χ4v) is 4.48. The maximum absolute atomic E-state index is 12.7. The summed E-state index contributed by atoms with van der Waals surface area (Å²) in [5.74, 6) is -0.245. The predicted molar refractivity (Wildman–Crippen MR) is 112 cm³/mol. The number of hydrogen-bond acceptors (Lipinski definition) is 5. The fraction of sp³-hybridized carbons (Fsp3) is 0.250. The van der Waals surface area contributed by atoms with Gasteiger partial charge in [-0.1, -0.05) is 12.1 Å². The minimum Gasteiger partial charge on any atom is -0.339 e. The van der Waals surface area contributed by atoms with Crippen LogP contribution in [0.25, 0.3) is 9.88 Å². The Morgan fingerprint density at radius 2 is 1.93 bits per heavy atom. The molecule has 0 fully saturated rings. The first-order valence-electron chi connectivity index (χ1n) is 8.75. The number of thiophene rings is 1. The minimum absolute atomic E-state index is 0.0370. The Kier molecular flexibility index (Phi) is 6.03. The molecule has 1 N–H and O–H groups in total. The number of nitrogens with one attached hydrogen (secondary N) is 1. The van der Waals surface area contributed by atoms with Gasteiger partial charge in [0.1, 0.15) is 9.88 Å². The summed E-state index contributed by atoms with van der Waals surface area (Å²) in [4.78, 5) is 33.1. The lowest BCUT2D eigenvalue weighted by Crippen LogP contribution is -2.30. The smallest absolute Gasteiger partial charge is 0.267 e. The van der Waals surface area contributed by atoms with E-state index in [9.17, 15) is 9.59 Å². The van der Waals surface area contributed by atoms with E-state index in [1.54, 1.807) is 40.5 Å². The second kappa shape index (κ2) is 8.45. The molecule has 0 spiro atoms. The molecule has 2 aromatic heterocycles. The van der Waals surface area contributed by atoms with Gasteiger partial charge in [-0.3, -0.25) is 9.59 Å². The number of carbonyl (C=O) groups is 2. The number of benzene rings is 1. The average Bonchev–Trinajstić information content (AvgIpc) is 3.32. The van der Waals surface area contributed by atoms with Crippen LogP contribution >= 0.6 is 22.7 Å². The van der Waals surface area contributed by atoms with Gasteiger partial charge < -0.3 is 10.2 Å². The zero-order valence-corrected chi connectivity index (χ0v) is 17.1. The number of hydrogen-bond donors (Lipinski definition) is 1. The van der Waals surface area contributed by atoms with Crippen LogP contribution in [-0.4, -0.2) is 34.8 Å². The average molecular weight is 400 g/mol. The highest BCUT2D eigenvalue weighted by Crippen LogP contribution is 2.31. The molecule has 0 bridgehead atoms. The summed E-state index contributed by atoms with van der Waals surface area (Å²) in [6, 6.07) is 11.0. The second-order valence-electron chi connectivity index (χ2n) is 5.92. The third-order valence-electron chi connectivity index (χ3n) is 4.15. The summed E-state index contributed by atoms with van der Waals surface area (Å²) in [6.45, 7) is 7.04. The molecule has 0 aliphatic carbocycles. The van der Waals surface area contributed by atoms with Crippen LogP contribution in [0.15, 0.2) is 41.8 Å². The normalized spacial score (nSPS) is 10.6. The summed E-state index contributed by atoms with van der Waals surface area (Å²) in [7, 11) is 0. The Balaban J connectivity index is 1.79. The second-order valence-corrected chi connectivity index (χ2v) is 7.87. The topological polar surface area (TPSA) is 62.3 Å². The molecule has 2 amide bonds. The molecule has 3 aromatic rings. The van der Waals surface area contributed by atoms with E-state index in [2.05, 4.69) is 10.3 Å². The molecule has 27 heavy (non-hydrogen) atoms. The number of rotatable bonds is 6. The van der Waals surface area contributed by atoms with E-state index in [1.165, 1.54) is 11.3 Å². The Hall–Kier alpha value is -2.51. The number of anilines is 1. The predicted octanol–water partition coefficient (Wildman–Crippen LogP) is 4.91. The minimum atomic E-state index is -0.208. The molecule has 0 saturated carbocycles. The van der Waals surface area contributed by atoms with E-state index < -0.39 is 0 Å². The summed E-state index contributed by atoms with van der Waals surface area (Å²) < 4.78 is 0. The monoisotopic (exact) mass is 399 g/mol. The first-order chi connectivity index (χ1) is 13.0. The molecular weight excluding hydrogens is 378 g/mol. The third-order valence-corrected chi connectivity index (χ3v) is 6.35. The number of nitrogens with zero attached hydrogens (tertiary/aromatic N) is 2. The Labute approximate surface area is 166 Å². The van der Waals surface area contributed by atoms with Crippen molar-refractivity contribution in [3.05, 3.63) is 57.9 Å². The van der Waals surface area contributed by atoms with E-state index in [-0.39, 0.29) is 11.8 Å². The van der Waals surface area contributed by atoms with E-state index >= 15 is 0 Å². The van der Waals surface area contributed by atoms with Gasteiger partial charge in [0.25, 0.3) is 11.8 Å². The SMILES string of the molecule is CCN(CC)C(=O)c1cccc(NC(=O)c2sc(-c3cccs3)nc2C)c1. The van der Waals surface area contributed by atoms with Crippen LogP contribution in [0.5, 0.6) is 0 Å². The lowest BCUT2D eigenvalue weighted by Gasteiger charge is -2.19. The molecule has 5 nitrogen and oxygen atoms in total. The lowest BCUT2D eigenvalue weighted by atomic mass is 10.1. The molecule has 0 aliphatic heterocycles. The van der Waals surface area contributed by atoms with Gasteiger partial charge in [0.15, 0.2) is 0 Å². The van der Waals surface area contributed by atoms with Crippen molar-refractivity contribution in [1.29, 1.82) is 0 Å². The maximum atomic E-state index is 12.7. The van der Waals surface area contributed by atoms with Gasteiger partial charge in [-0.05, 0) is 50.4 Å². The summed E-state index contributed by atoms with van der Waals surface area (Å²) in [6.07, 6.45) is 0. The molecule has 0 atom stereocenters. The summed E-state index contributed by atoms with van der Waals surface area (Å²) >= 11 is 2.98. The highest BCUT2D eigenvalue weighted by atomic mass is 32.1. The van der Waals surface area contributed by atoms with Gasteiger partial charge in [0, 0.05) is 24.3 Å². The van der Waals surface area contributed by atoms with E-state index in [4.69, 9.17) is 0 Å². The fourth-order valence-electron chi connectivity index (χ4n) is 2.72. The number of aryl methyl sites for hydroxylation is 1. The highest BCUT2D eigenvalue weighted by Gasteiger charge is 2.18. The van der Waals surface area contributed by atoms with Crippen LogP contribution in [0.3, 0.4) is 0 Å². The molecule has 0 aliphatic rings. The van der Waals surface area contributed by atoms with Gasteiger partial charge in [-0.15, -0.1) is 22.7 Å². The summed E-state index contributed by atoms with van der Waals surface area (Å²) in [5.41, 5.74) is 1.87. The number of amides is 2. The van der Waals surface area contributed by atoms with Crippen molar-refractivity contribution in [2.24, 2.45) is 0 Å². The molecule has 140 valence electrons. The lowest BCUT2D eigenvalue weighted by molar-refractivity contribution is 0.0772. The Morgan fingerprint density at radius 1 is 1.15 bits per heavy atom. The van der Waals surface area contributed by atoms with Gasteiger partial charge in [0.05, 0.1) is 10.6 Å². The van der Waals surface area contributed by atoms with Crippen LogP contribution in [0.4, 0.5) is 5.69 Å². The summed E-state index contributed by atoms with van der Waals surface area (Å²) in [5, 5.41) is 5.73. The number of aromatic nitrogens is 1. The van der Waals surface area contributed by atoms with Crippen molar-refractivity contribution in [3.8, 4) is 9.88 Å². The van der Waals surface area contributed by atoms with Crippen molar-refractivity contribution < 1.29 is 9.59 Å². The van der Waals surface area contributed by atoms with Crippen LogP contribution in [-0.2, 0) is 0 Å². The van der Waals surface area contributed by atoms with Crippen molar-refractivity contribution in [1.82, 2.24) is 9.88 Å². The molecule has 7 heteroatoms. The molecule has 3 rings (SSSR count). The van der Waals surface area contributed by atoms with Crippen LogP contribution < -0.4 is 5.32 Å². The van der Waals surface area contributed by atoms with Crippen molar-refractivity contribution >= 4 is 40.2 Å².